The Morgan fingerprint density at radius 1 is 1.35 bits per heavy atom. The predicted molar refractivity (Wildman–Crippen MR) is 106 cm³/mol. The minimum Gasteiger partial charge on any atom is -0.361 e. The molecule has 4 aromatic rings. The molecule has 0 saturated carbocycles. The zero-order valence-corrected chi connectivity index (χ0v) is 15.6. The summed E-state index contributed by atoms with van der Waals surface area (Å²) >= 11 is 3.47. The summed E-state index contributed by atoms with van der Waals surface area (Å²) < 4.78 is 2.87. The summed E-state index contributed by atoms with van der Waals surface area (Å²) in [5.74, 6) is 0.598. The first-order valence-corrected chi connectivity index (χ1v) is 8.91. The maximum atomic E-state index is 12.3. The maximum absolute atomic E-state index is 12.3. The standard InChI is InChI=1S/C19H16BrN5O/c1-12-23-17-4-2-3-5-18(17)25(12)11-19(26)24-22-10-13-9-21-16-7-6-14(20)8-15(13)16/h2-10,21H,11H2,1H3,(H,24,26)/b22-10+. The first-order valence-electron chi connectivity index (χ1n) is 8.12. The van der Waals surface area contributed by atoms with Gasteiger partial charge in [0.15, 0.2) is 0 Å². The van der Waals surface area contributed by atoms with E-state index >= 15 is 0 Å². The van der Waals surface area contributed by atoms with E-state index in [9.17, 15) is 4.79 Å². The van der Waals surface area contributed by atoms with Gasteiger partial charge in [-0.3, -0.25) is 4.79 Å². The number of H-pyrrole nitrogens is 1. The van der Waals surface area contributed by atoms with Gasteiger partial charge >= 0.3 is 0 Å². The lowest BCUT2D eigenvalue weighted by Gasteiger charge is -2.05. The van der Waals surface area contributed by atoms with Crippen LogP contribution in [0, 0.1) is 6.92 Å². The zero-order chi connectivity index (χ0) is 18.1. The SMILES string of the molecule is Cc1nc2ccccc2n1CC(=O)N/N=C/c1c[nH]c2ccc(Br)cc12. The molecule has 7 heteroatoms. The summed E-state index contributed by atoms with van der Waals surface area (Å²) in [5, 5.41) is 5.13. The van der Waals surface area contributed by atoms with Gasteiger partial charge in [0.05, 0.1) is 17.2 Å². The minimum atomic E-state index is -0.200. The average Bonchev–Trinajstić information content (AvgIpc) is 3.16. The first-order chi connectivity index (χ1) is 12.6. The van der Waals surface area contributed by atoms with Gasteiger partial charge in [-0.2, -0.15) is 5.10 Å². The van der Waals surface area contributed by atoms with E-state index in [1.165, 1.54) is 0 Å². The third kappa shape index (κ3) is 3.13. The number of carbonyl (C=O) groups is 1. The topological polar surface area (TPSA) is 75.1 Å². The molecule has 0 bridgehead atoms. The van der Waals surface area contributed by atoms with E-state index < -0.39 is 0 Å². The molecule has 1 amide bonds. The monoisotopic (exact) mass is 409 g/mol. The molecule has 2 heterocycles. The normalized spacial score (nSPS) is 11.6. The highest BCUT2D eigenvalue weighted by atomic mass is 79.9. The van der Waals surface area contributed by atoms with Crippen LogP contribution in [-0.2, 0) is 11.3 Å². The second kappa shape index (κ2) is 6.76. The van der Waals surface area contributed by atoms with Crippen molar-refractivity contribution in [3.8, 4) is 0 Å². The molecule has 2 aromatic carbocycles. The van der Waals surface area contributed by atoms with Crippen LogP contribution in [0.5, 0.6) is 0 Å². The number of imidazole rings is 1. The van der Waals surface area contributed by atoms with Crippen molar-refractivity contribution in [1.29, 1.82) is 0 Å². The van der Waals surface area contributed by atoms with Gasteiger partial charge in [-0.25, -0.2) is 10.4 Å². The largest absolute Gasteiger partial charge is 0.361 e. The van der Waals surface area contributed by atoms with E-state index in [0.29, 0.717) is 0 Å². The van der Waals surface area contributed by atoms with Gasteiger partial charge in [-0.15, -0.1) is 0 Å². The van der Waals surface area contributed by atoms with Crippen LogP contribution in [-0.4, -0.2) is 26.7 Å². The molecule has 0 aliphatic carbocycles. The fourth-order valence-corrected chi connectivity index (χ4v) is 3.33. The minimum absolute atomic E-state index is 0.170. The number of nitrogens with zero attached hydrogens (tertiary/aromatic N) is 3. The number of nitrogens with one attached hydrogen (secondary N) is 2. The summed E-state index contributed by atoms with van der Waals surface area (Å²) in [6.45, 7) is 2.06. The number of hydrogen-bond donors (Lipinski definition) is 2. The number of hydrazone groups is 1. The number of halogens is 1. The fourth-order valence-electron chi connectivity index (χ4n) is 2.97. The van der Waals surface area contributed by atoms with Gasteiger partial charge in [0.1, 0.15) is 12.4 Å². The Kier molecular flexibility index (Phi) is 4.30. The third-order valence-electron chi connectivity index (χ3n) is 4.22. The Bertz CT molecular complexity index is 1140. The highest BCUT2D eigenvalue weighted by molar-refractivity contribution is 9.10. The molecular weight excluding hydrogens is 394 g/mol. The van der Waals surface area contributed by atoms with E-state index in [4.69, 9.17) is 0 Å². The molecule has 130 valence electrons. The van der Waals surface area contributed by atoms with Crippen molar-refractivity contribution < 1.29 is 4.79 Å². The number of aromatic amines is 1. The van der Waals surface area contributed by atoms with E-state index in [2.05, 4.69) is 36.4 Å². The molecule has 2 N–H and O–H groups in total. The lowest BCUT2D eigenvalue weighted by molar-refractivity contribution is -0.121. The van der Waals surface area contributed by atoms with Crippen molar-refractivity contribution in [1.82, 2.24) is 20.0 Å². The van der Waals surface area contributed by atoms with Gasteiger partial charge < -0.3 is 9.55 Å². The number of carbonyl (C=O) groups excluding carboxylic acids is 1. The maximum Gasteiger partial charge on any atom is 0.260 e. The molecule has 0 spiro atoms. The lowest BCUT2D eigenvalue weighted by Crippen LogP contribution is -2.23. The smallest absolute Gasteiger partial charge is 0.260 e. The second-order valence-corrected chi connectivity index (χ2v) is 6.88. The van der Waals surface area contributed by atoms with Crippen LogP contribution in [0.2, 0.25) is 0 Å². The van der Waals surface area contributed by atoms with E-state index in [1.807, 2.05) is 60.2 Å². The molecule has 4 rings (SSSR count). The zero-order valence-electron chi connectivity index (χ0n) is 14.0. The van der Waals surface area contributed by atoms with Crippen LogP contribution in [0.3, 0.4) is 0 Å². The van der Waals surface area contributed by atoms with Gasteiger partial charge in [-0.05, 0) is 37.3 Å². The number of benzene rings is 2. The fraction of sp³-hybridized carbons (Fsp3) is 0.105. The average molecular weight is 410 g/mol. The Morgan fingerprint density at radius 3 is 3.08 bits per heavy atom. The van der Waals surface area contributed by atoms with Crippen LogP contribution >= 0.6 is 15.9 Å². The molecule has 0 radical (unpaired) electrons. The summed E-state index contributed by atoms with van der Waals surface area (Å²) in [6, 6.07) is 13.7. The first kappa shape index (κ1) is 16.5. The number of aryl methyl sites for hydroxylation is 1. The van der Waals surface area contributed by atoms with Crippen LogP contribution < -0.4 is 5.43 Å². The van der Waals surface area contributed by atoms with Crippen LogP contribution in [0.15, 0.2) is 58.2 Å². The Hall–Kier alpha value is -2.93. The predicted octanol–water partition coefficient (Wildman–Crippen LogP) is 3.74. The highest BCUT2D eigenvalue weighted by Crippen LogP contribution is 2.21. The van der Waals surface area contributed by atoms with Crippen molar-refractivity contribution in [3.05, 3.63) is 64.5 Å². The summed E-state index contributed by atoms with van der Waals surface area (Å²) in [4.78, 5) is 19.9. The Labute approximate surface area is 158 Å². The summed E-state index contributed by atoms with van der Waals surface area (Å²) in [6.07, 6.45) is 3.50. The molecule has 6 nitrogen and oxygen atoms in total. The van der Waals surface area contributed by atoms with Gasteiger partial charge in [0.2, 0.25) is 0 Å². The second-order valence-electron chi connectivity index (χ2n) is 5.96. The van der Waals surface area contributed by atoms with Gasteiger partial charge in [0, 0.05) is 27.1 Å². The molecule has 26 heavy (non-hydrogen) atoms. The van der Waals surface area contributed by atoms with Crippen LogP contribution in [0.1, 0.15) is 11.4 Å². The van der Waals surface area contributed by atoms with E-state index in [1.54, 1.807) is 6.21 Å². The van der Waals surface area contributed by atoms with E-state index in [-0.39, 0.29) is 12.5 Å². The molecule has 0 aliphatic heterocycles. The third-order valence-corrected chi connectivity index (χ3v) is 4.71. The van der Waals surface area contributed by atoms with Crippen LogP contribution in [0.4, 0.5) is 0 Å². The molecule has 2 aromatic heterocycles. The van der Waals surface area contributed by atoms with Crippen molar-refractivity contribution in [2.45, 2.75) is 13.5 Å². The highest BCUT2D eigenvalue weighted by Gasteiger charge is 2.10. The lowest BCUT2D eigenvalue weighted by atomic mass is 10.2. The number of aromatic nitrogens is 3. The van der Waals surface area contributed by atoms with Crippen molar-refractivity contribution in [2.75, 3.05) is 0 Å². The van der Waals surface area contributed by atoms with Gasteiger partial charge in [0.25, 0.3) is 5.91 Å². The molecular formula is C19H16BrN5O. The molecule has 0 aliphatic rings. The Morgan fingerprint density at radius 2 is 2.19 bits per heavy atom. The molecule has 0 unspecified atom stereocenters. The summed E-state index contributed by atoms with van der Waals surface area (Å²) in [5.41, 5.74) is 6.33. The van der Waals surface area contributed by atoms with Crippen molar-refractivity contribution in [3.63, 3.8) is 0 Å². The molecule has 0 atom stereocenters. The molecule has 0 fully saturated rings. The quantitative estimate of drug-likeness (QED) is 0.397. The number of hydrogen-bond acceptors (Lipinski definition) is 3. The van der Waals surface area contributed by atoms with Gasteiger partial charge in [-0.1, -0.05) is 28.1 Å². The number of amides is 1. The summed E-state index contributed by atoms with van der Waals surface area (Å²) in [7, 11) is 0. The van der Waals surface area contributed by atoms with E-state index in [0.717, 1.165) is 37.8 Å². The number of fused-ring (bicyclic) bond motifs is 2. The number of para-hydroxylation sites is 2. The van der Waals surface area contributed by atoms with Crippen LogP contribution in [0.25, 0.3) is 21.9 Å². The molecule has 0 saturated heterocycles. The van der Waals surface area contributed by atoms with Crippen molar-refractivity contribution >= 4 is 50.0 Å². The van der Waals surface area contributed by atoms with Crippen molar-refractivity contribution in [2.24, 2.45) is 5.10 Å². The number of rotatable bonds is 4. The Balaban J connectivity index is 1.49.